The molecular weight excluding hydrogens is 414 g/mol. The van der Waals surface area contributed by atoms with Crippen LogP contribution in [0.1, 0.15) is 10.4 Å². The molecule has 32 heavy (non-hydrogen) atoms. The van der Waals surface area contributed by atoms with Gasteiger partial charge in [0.15, 0.2) is 11.5 Å². The third-order valence-electron chi connectivity index (χ3n) is 4.79. The average molecular weight is 428 g/mol. The quantitative estimate of drug-likeness (QED) is 0.459. The summed E-state index contributed by atoms with van der Waals surface area (Å²) in [4.78, 5) is 16.4. The first kappa shape index (κ1) is 19.4. The summed E-state index contributed by atoms with van der Waals surface area (Å²) in [6.45, 7) is 0. The van der Waals surface area contributed by atoms with Crippen LogP contribution in [-0.2, 0) is 0 Å². The number of fused-ring (bicyclic) bond motifs is 1. The third kappa shape index (κ3) is 3.67. The molecule has 0 spiro atoms. The SMILES string of the molecule is O=C(Nc1cccc(-c2ccc3nnc(-c4ccncc4)n3n2)c1)c1ccc(F)cc1F. The van der Waals surface area contributed by atoms with E-state index >= 15 is 0 Å². The van der Waals surface area contributed by atoms with Gasteiger partial charge in [0.1, 0.15) is 11.6 Å². The van der Waals surface area contributed by atoms with Crippen molar-refractivity contribution < 1.29 is 13.6 Å². The number of nitrogens with one attached hydrogen (secondary N) is 1. The zero-order valence-electron chi connectivity index (χ0n) is 16.4. The molecule has 0 aliphatic carbocycles. The largest absolute Gasteiger partial charge is 0.322 e. The monoisotopic (exact) mass is 428 g/mol. The average Bonchev–Trinajstić information content (AvgIpc) is 3.23. The first-order valence-electron chi connectivity index (χ1n) is 9.58. The van der Waals surface area contributed by atoms with Crippen molar-refractivity contribution in [2.45, 2.75) is 0 Å². The second-order valence-electron chi connectivity index (χ2n) is 6.91. The van der Waals surface area contributed by atoms with E-state index < -0.39 is 17.5 Å². The Morgan fingerprint density at radius 1 is 0.875 bits per heavy atom. The van der Waals surface area contributed by atoms with Gasteiger partial charge >= 0.3 is 0 Å². The minimum Gasteiger partial charge on any atom is -0.322 e. The number of carbonyl (C=O) groups excluding carboxylic acids is 1. The molecule has 9 heteroatoms. The molecule has 0 bridgehead atoms. The number of amides is 1. The smallest absolute Gasteiger partial charge is 0.258 e. The number of nitrogens with zero attached hydrogens (tertiary/aromatic N) is 5. The van der Waals surface area contributed by atoms with E-state index in [0.29, 0.717) is 28.9 Å². The fourth-order valence-corrected chi connectivity index (χ4v) is 3.25. The van der Waals surface area contributed by atoms with Gasteiger partial charge in [0.05, 0.1) is 11.3 Å². The van der Waals surface area contributed by atoms with Crippen molar-refractivity contribution in [1.29, 1.82) is 0 Å². The molecule has 0 radical (unpaired) electrons. The van der Waals surface area contributed by atoms with E-state index in [0.717, 1.165) is 23.3 Å². The zero-order chi connectivity index (χ0) is 22.1. The summed E-state index contributed by atoms with van der Waals surface area (Å²) in [5, 5.41) is 15.6. The number of halogens is 2. The molecule has 3 aromatic heterocycles. The van der Waals surface area contributed by atoms with E-state index in [4.69, 9.17) is 0 Å². The first-order valence-corrected chi connectivity index (χ1v) is 9.58. The highest BCUT2D eigenvalue weighted by Crippen LogP contribution is 2.24. The van der Waals surface area contributed by atoms with Crippen molar-refractivity contribution in [3.05, 3.63) is 96.3 Å². The van der Waals surface area contributed by atoms with Crippen LogP contribution in [0.25, 0.3) is 28.3 Å². The maximum atomic E-state index is 13.9. The zero-order valence-corrected chi connectivity index (χ0v) is 16.4. The predicted molar refractivity (Wildman–Crippen MR) is 114 cm³/mol. The second-order valence-corrected chi connectivity index (χ2v) is 6.91. The van der Waals surface area contributed by atoms with Gasteiger partial charge in [-0.15, -0.1) is 10.2 Å². The van der Waals surface area contributed by atoms with Crippen LogP contribution >= 0.6 is 0 Å². The van der Waals surface area contributed by atoms with Gasteiger partial charge in [0, 0.05) is 35.3 Å². The third-order valence-corrected chi connectivity index (χ3v) is 4.79. The fourth-order valence-electron chi connectivity index (χ4n) is 3.25. The highest BCUT2D eigenvalue weighted by molar-refractivity contribution is 6.04. The van der Waals surface area contributed by atoms with Gasteiger partial charge in [-0.25, -0.2) is 8.78 Å². The lowest BCUT2D eigenvalue weighted by Gasteiger charge is -2.09. The van der Waals surface area contributed by atoms with E-state index in [2.05, 4.69) is 25.6 Å². The van der Waals surface area contributed by atoms with Gasteiger partial charge < -0.3 is 5.32 Å². The van der Waals surface area contributed by atoms with Crippen LogP contribution in [0.5, 0.6) is 0 Å². The molecule has 5 aromatic rings. The van der Waals surface area contributed by atoms with E-state index in [9.17, 15) is 13.6 Å². The van der Waals surface area contributed by atoms with E-state index in [1.165, 1.54) is 0 Å². The number of carbonyl (C=O) groups is 1. The molecule has 0 fully saturated rings. The summed E-state index contributed by atoms with van der Waals surface area (Å²) in [6, 6.07) is 17.0. The summed E-state index contributed by atoms with van der Waals surface area (Å²) in [6.07, 6.45) is 3.33. The standard InChI is InChI=1S/C23H14F2N6O/c24-16-4-5-18(19(25)13-16)23(32)27-17-3-1-2-15(12-17)20-6-7-21-28-29-22(31(21)30-20)14-8-10-26-11-9-14/h1-13H,(H,27,32). The topological polar surface area (TPSA) is 85.1 Å². The molecule has 2 aromatic carbocycles. The van der Waals surface area contributed by atoms with Gasteiger partial charge in [0.2, 0.25) is 0 Å². The van der Waals surface area contributed by atoms with Crippen LogP contribution < -0.4 is 5.32 Å². The first-order chi connectivity index (χ1) is 15.6. The number of rotatable bonds is 4. The lowest BCUT2D eigenvalue weighted by Crippen LogP contribution is -2.14. The lowest BCUT2D eigenvalue weighted by atomic mass is 10.1. The van der Waals surface area contributed by atoms with Gasteiger partial charge in [-0.05, 0) is 48.5 Å². The number of pyridine rings is 1. The molecular formula is C23H14F2N6O. The fraction of sp³-hybridized carbons (Fsp3) is 0. The van der Waals surface area contributed by atoms with Crippen LogP contribution in [-0.4, -0.2) is 30.7 Å². The minimum atomic E-state index is -0.929. The van der Waals surface area contributed by atoms with E-state index in [-0.39, 0.29) is 5.56 Å². The van der Waals surface area contributed by atoms with Crippen molar-refractivity contribution in [3.8, 4) is 22.6 Å². The van der Waals surface area contributed by atoms with Gasteiger partial charge in [0.25, 0.3) is 5.91 Å². The Labute approximate surface area is 180 Å². The molecule has 0 aliphatic rings. The second kappa shape index (κ2) is 7.95. The molecule has 0 aliphatic heterocycles. The molecule has 5 rings (SSSR count). The summed E-state index contributed by atoms with van der Waals surface area (Å²) >= 11 is 0. The highest BCUT2D eigenvalue weighted by Gasteiger charge is 2.14. The molecule has 0 unspecified atom stereocenters. The normalized spacial score (nSPS) is 10.9. The Hall–Kier alpha value is -4.53. The van der Waals surface area contributed by atoms with Gasteiger partial charge in [-0.1, -0.05) is 12.1 Å². The molecule has 1 amide bonds. The van der Waals surface area contributed by atoms with Crippen LogP contribution in [0.4, 0.5) is 14.5 Å². The Kier molecular flexibility index (Phi) is 4.83. The van der Waals surface area contributed by atoms with Crippen molar-refractivity contribution in [2.24, 2.45) is 0 Å². The predicted octanol–water partition coefficient (Wildman–Crippen LogP) is 4.38. The van der Waals surface area contributed by atoms with Gasteiger partial charge in [-0.3, -0.25) is 9.78 Å². The Balaban J connectivity index is 1.47. The van der Waals surface area contributed by atoms with E-state index in [1.54, 1.807) is 47.2 Å². The van der Waals surface area contributed by atoms with Crippen LogP contribution in [0, 0.1) is 11.6 Å². The van der Waals surface area contributed by atoms with Crippen molar-refractivity contribution in [2.75, 3.05) is 5.32 Å². The van der Waals surface area contributed by atoms with Crippen LogP contribution in [0.3, 0.4) is 0 Å². The molecule has 0 saturated heterocycles. The highest BCUT2D eigenvalue weighted by atomic mass is 19.1. The number of anilines is 1. The van der Waals surface area contributed by atoms with E-state index in [1.807, 2.05) is 18.2 Å². The number of hydrogen-bond acceptors (Lipinski definition) is 5. The Morgan fingerprint density at radius 2 is 1.72 bits per heavy atom. The number of benzene rings is 2. The maximum absolute atomic E-state index is 13.9. The number of hydrogen-bond donors (Lipinski definition) is 1. The summed E-state index contributed by atoms with van der Waals surface area (Å²) in [5.41, 5.74) is 2.94. The molecule has 7 nitrogen and oxygen atoms in total. The molecule has 0 saturated carbocycles. The lowest BCUT2D eigenvalue weighted by molar-refractivity contribution is 0.102. The van der Waals surface area contributed by atoms with Crippen LogP contribution in [0.2, 0.25) is 0 Å². The molecule has 1 N–H and O–H groups in total. The minimum absolute atomic E-state index is 0.247. The number of aromatic nitrogens is 5. The van der Waals surface area contributed by atoms with Crippen molar-refractivity contribution >= 4 is 17.2 Å². The summed E-state index contributed by atoms with van der Waals surface area (Å²) < 4.78 is 28.7. The Bertz CT molecular complexity index is 1450. The van der Waals surface area contributed by atoms with Crippen molar-refractivity contribution in [3.63, 3.8) is 0 Å². The Morgan fingerprint density at radius 3 is 2.53 bits per heavy atom. The van der Waals surface area contributed by atoms with Gasteiger partial charge in [-0.2, -0.15) is 9.61 Å². The molecule has 156 valence electrons. The van der Waals surface area contributed by atoms with Crippen LogP contribution in [0.15, 0.2) is 79.1 Å². The summed E-state index contributed by atoms with van der Waals surface area (Å²) in [7, 11) is 0. The molecule has 3 heterocycles. The van der Waals surface area contributed by atoms with Crippen molar-refractivity contribution in [1.82, 2.24) is 24.8 Å². The maximum Gasteiger partial charge on any atom is 0.258 e. The summed E-state index contributed by atoms with van der Waals surface area (Å²) in [5.74, 6) is -1.79. The molecule has 0 atom stereocenters.